The summed E-state index contributed by atoms with van der Waals surface area (Å²) in [5.74, 6) is -1.77. The van der Waals surface area contributed by atoms with Gasteiger partial charge in [-0.25, -0.2) is 0 Å². The van der Waals surface area contributed by atoms with Crippen LogP contribution in [0.2, 0.25) is 0 Å². The molecule has 210 valence electrons. The van der Waals surface area contributed by atoms with Crippen LogP contribution >= 0.6 is 0 Å². The average Bonchev–Trinajstić information content (AvgIpc) is 3.40. The van der Waals surface area contributed by atoms with E-state index in [1.165, 1.54) is 0 Å². The number of carboxylic acid groups (broad SMARTS) is 1. The molecule has 4 N–H and O–H groups in total. The van der Waals surface area contributed by atoms with Crippen molar-refractivity contribution in [3.63, 3.8) is 0 Å². The quantitative estimate of drug-likeness (QED) is 0.394. The number of amides is 3. The van der Waals surface area contributed by atoms with Crippen molar-refractivity contribution in [2.75, 3.05) is 27.2 Å². The summed E-state index contributed by atoms with van der Waals surface area (Å²) in [6.07, 6.45) is 2.54. The van der Waals surface area contributed by atoms with Crippen LogP contribution in [-0.4, -0.2) is 73.0 Å². The second-order valence-corrected chi connectivity index (χ2v) is 10.5. The third-order valence-electron chi connectivity index (χ3n) is 8.07. The van der Waals surface area contributed by atoms with E-state index in [4.69, 9.17) is 0 Å². The number of fused-ring (bicyclic) bond motifs is 2. The number of hydrogen-bond donors (Lipinski definition) is 4. The van der Waals surface area contributed by atoms with E-state index >= 15 is 0 Å². The molecule has 1 heterocycles. The predicted octanol–water partition coefficient (Wildman–Crippen LogP) is 1.76. The molecule has 0 radical (unpaired) electrons. The molecular weight excluding hydrogens is 510 g/mol. The molecule has 2 aromatic rings. The summed E-state index contributed by atoms with van der Waals surface area (Å²) in [5.41, 5.74) is 2.05. The molecule has 1 fully saturated rings. The van der Waals surface area contributed by atoms with Gasteiger partial charge in [-0.2, -0.15) is 5.26 Å². The third kappa shape index (κ3) is 5.29. The van der Waals surface area contributed by atoms with Crippen molar-refractivity contribution in [2.45, 2.75) is 56.5 Å². The number of benzene rings is 2. The number of carbonyl (C=O) groups is 4. The van der Waals surface area contributed by atoms with Crippen molar-refractivity contribution in [3.05, 3.63) is 69.8 Å². The summed E-state index contributed by atoms with van der Waals surface area (Å²) in [5, 5.41) is 28.7. The summed E-state index contributed by atoms with van der Waals surface area (Å²) in [7, 11) is 3.09. The molecule has 0 saturated carbocycles. The lowest BCUT2D eigenvalue weighted by Gasteiger charge is -2.35. The number of likely N-dealkylation sites (tertiary alicyclic amines) is 1. The number of rotatable bonds is 8. The smallest absolute Gasteiger partial charge is 0.318 e. The Morgan fingerprint density at radius 2 is 1.57 bits per heavy atom. The van der Waals surface area contributed by atoms with Crippen LogP contribution in [0.25, 0.3) is 0 Å². The SMILES string of the molecule is CNC(=O)c1ccc2c(c1)CCc1cc(C(=O)NC)ccc1C2(C[C@H](C)NCC(=O)N1CCCC1C#N)C(=O)O. The monoisotopic (exact) mass is 545 g/mol. The number of carboxylic acids is 1. The van der Waals surface area contributed by atoms with Gasteiger partial charge in [-0.1, -0.05) is 12.1 Å². The highest BCUT2D eigenvalue weighted by Crippen LogP contribution is 2.44. The van der Waals surface area contributed by atoms with Crippen molar-refractivity contribution < 1.29 is 24.3 Å². The lowest BCUT2D eigenvalue weighted by atomic mass is 9.68. The topological polar surface area (TPSA) is 152 Å². The Balaban J connectivity index is 1.75. The maximum atomic E-state index is 13.4. The highest BCUT2D eigenvalue weighted by Gasteiger charge is 2.47. The molecular formula is C30H35N5O5. The fraction of sp³-hybridized carbons (Fsp3) is 0.433. The second kappa shape index (κ2) is 11.9. The summed E-state index contributed by atoms with van der Waals surface area (Å²) in [6.45, 7) is 2.36. The van der Waals surface area contributed by atoms with Gasteiger partial charge in [0.2, 0.25) is 5.91 Å². The van der Waals surface area contributed by atoms with Gasteiger partial charge in [0.15, 0.2) is 0 Å². The summed E-state index contributed by atoms with van der Waals surface area (Å²) >= 11 is 0. The maximum Gasteiger partial charge on any atom is 0.318 e. The zero-order chi connectivity index (χ0) is 29.0. The third-order valence-corrected chi connectivity index (χ3v) is 8.07. The van der Waals surface area contributed by atoms with Crippen molar-refractivity contribution in [1.82, 2.24) is 20.9 Å². The molecule has 2 atom stereocenters. The summed E-state index contributed by atoms with van der Waals surface area (Å²) < 4.78 is 0. The second-order valence-electron chi connectivity index (χ2n) is 10.5. The van der Waals surface area contributed by atoms with E-state index in [1.54, 1.807) is 55.4 Å². The standard InChI is InChI=1S/C30H35N5O5/c1-18(34-17-26(36)35-12-4-5-23(35)16-31)15-30(29(39)40)24-10-8-21(27(37)32-2)13-19(24)6-7-20-14-22(28(38)33-3)9-11-25(20)30/h8-11,13-14,18,23,34H,4-7,12,15,17H2,1-3H3,(H,32,37)(H,33,38)(H,39,40)/t18-,23?/m0/s1. The van der Waals surface area contributed by atoms with Gasteiger partial charge in [-0.3, -0.25) is 19.2 Å². The maximum absolute atomic E-state index is 13.4. The number of hydrogen-bond acceptors (Lipinski definition) is 6. The minimum Gasteiger partial charge on any atom is -0.480 e. The Hall–Kier alpha value is -4.23. The molecule has 2 aromatic carbocycles. The Bertz CT molecular complexity index is 1310. The molecule has 0 bridgehead atoms. The minimum atomic E-state index is -1.50. The van der Waals surface area contributed by atoms with Crippen LogP contribution < -0.4 is 16.0 Å². The zero-order valence-electron chi connectivity index (χ0n) is 23.0. The lowest BCUT2D eigenvalue weighted by molar-refractivity contribution is -0.142. The Labute approximate surface area is 233 Å². The first-order chi connectivity index (χ1) is 19.2. The molecule has 10 nitrogen and oxygen atoms in total. The summed E-state index contributed by atoms with van der Waals surface area (Å²) in [4.78, 5) is 52.6. The normalized spacial score (nSPS) is 17.9. The van der Waals surface area contributed by atoms with E-state index in [9.17, 15) is 29.5 Å². The van der Waals surface area contributed by atoms with Gasteiger partial charge < -0.3 is 26.0 Å². The van der Waals surface area contributed by atoms with Crippen LogP contribution in [0.5, 0.6) is 0 Å². The van der Waals surface area contributed by atoms with Gasteiger partial charge in [0.25, 0.3) is 11.8 Å². The van der Waals surface area contributed by atoms with Crippen LogP contribution in [0.15, 0.2) is 36.4 Å². The number of nitrogens with one attached hydrogen (secondary N) is 3. The molecule has 1 aliphatic heterocycles. The Morgan fingerprint density at radius 3 is 2.05 bits per heavy atom. The summed E-state index contributed by atoms with van der Waals surface area (Å²) in [6, 6.07) is 11.5. The van der Waals surface area contributed by atoms with Crippen LogP contribution in [0.1, 0.15) is 69.2 Å². The first kappa shape index (κ1) is 28.8. The number of nitriles is 1. The lowest BCUT2D eigenvalue weighted by Crippen LogP contribution is -2.47. The number of nitrogens with zero attached hydrogens (tertiary/aromatic N) is 2. The van der Waals surface area contributed by atoms with Crippen molar-refractivity contribution in [2.24, 2.45) is 0 Å². The van der Waals surface area contributed by atoms with Crippen molar-refractivity contribution in [1.29, 1.82) is 5.26 Å². The largest absolute Gasteiger partial charge is 0.480 e. The molecule has 0 aromatic heterocycles. The van der Waals surface area contributed by atoms with Gasteiger partial charge in [-0.15, -0.1) is 0 Å². The molecule has 4 rings (SSSR count). The van der Waals surface area contributed by atoms with E-state index in [0.29, 0.717) is 48.1 Å². The number of aryl methyl sites for hydroxylation is 2. The molecule has 1 unspecified atom stereocenters. The molecule has 10 heteroatoms. The molecule has 1 aliphatic carbocycles. The van der Waals surface area contributed by atoms with E-state index in [2.05, 4.69) is 22.0 Å². The number of aliphatic carboxylic acids is 1. The van der Waals surface area contributed by atoms with Gasteiger partial charge >= 0.3 is 5.97 Å². The van der Waals surface area contributed by atoms with E-state index in [1.807, 2.05) is 6.92 Å². The minimum absolute atomic E-state index is 0.0139. The molecule has 1 saturated heterocycles. The van der Waals surface area contributed by atoms with Gasteiger partial charge in [0, 0.05) is 37.8 Å². The molecule has 2 aliphatic rings. The van der Waals surface area contributed by atoms with Crippen LogP contribution in [0, 0.1) is 11.3 Å². The van der Waals surface area contributed by atoms with Crippen LogP contribution in [0.3, 0.4) is 0 Å². The van der Waals surface area contributed by atoms with Crippen LogP contribution in [0.4, 0.5) is 0 Å². The van der Waals surface area contributed by atoms with Crippen molar-refractivity contribution >= 4 is 23.7 Å². The highest BCUT2D eigenvalue weighted by atomic mass is 16.4. The van der Waals surface area contributed by atoms with Crippen LogP contribution in [-0.2, 0) is 27.8 Å². The first-order valence-electron chi connectivity index (χ1n) is 13.5. The van der Waals surface area contributed by atoms with E-state index in [0.717, 1.165) is 17.5 Å². The fourth-order valence-electron chi connectivity index (χ4n) is 6.05. The average molecular weight is 546 g/mol. The van der Waals surface area contributed by atoms with Gasteiger partial charge in [0.05, 0.1) is 12.6 Å². The van der Waals surface area contributed by atoms with Crippen molar-refractivity contribution in [3.8, 4) is 6.07 Å². The van der Waals surface area contributed by atoms with Gasteiger partial charge in [-0.05, 0) is 85.5 Å². The van der Waals surface area contributed by atoms with Gasteiger partial charge in [0.1, 0.15) is 11.5 Å². The Kier molecular flexibility index (Phi) is 8.55. The zero-order valence-corrected chi connectivity index (χ0v) is 23.0. The molecule has 40 heavy (non-hydrogen) atoms. The first-order valence-corrected chi connectivity index (χ1v) is 13.5. The van der Waals surface area contributed by atoms with E-state index < -0.39 is 23.5 Å². The Morgan fingerprint density at radius 1 is 1.02 bits per heavy atom. The van der Waals surface area contributed by atoms with E-state index in [-0.39, 0.29) is 30.7 Å². The molecule has 0 spiro atoms. The fourth-order valence-corrected chi connectivity index (χ4v) is 6.05. The predicted molar refractivity (Wildman–Crippen MR) is 148 cm³/mol. The number of carbonyl (C=O) groups excluding carboxylic acids is 3. The highest BCUT2D eigenvalue weighted by molar-refractivity contribution is 5.96. The molecule has 3 amide bonds.